The van der Waals surface area contributed by atoms with Crippen molar-refractivity contribution in [3.8, 4) is 0 Å². The fourth-order valence-corrected chi connectivity index (χ4v) is 2.24. The molecule has 0 spiro atoms. The molecule has 0 saturated carbocycles. The molecule has 0 fully saturated rings. The summed E-state index contributed by atoms with van der Waals surface area (Å²) in [5.74, 6) is 0.295. The molecule has 1 aromatic carbocycles. The number of aromatic nitrogens is 2. The number of aryl methyl sites for hydroxylation is 1. The highest BCUT2D eigenvalue weighted by Gasteiger charge is 2.32. The minimum atomic E-state index is -4.32. The zero-order valence-corrected chi connectivity index (χ0v) is 11.5. The van der Waals surface area contributed by atoms with Gasteiger partial charge in [0.15, 0.2) is 5.82 Å². The number of hydrogen-bond acceptors (Lipinski definition) is 3. The summed E-state index contributed by atoms with van der Waals surface area (Å²) in [6.45, 7) is 0.735. The van der Waals surface area contributed by atoms with Crippen LogP contribution in [-0.4, -0.2) is 35.3 Å². The van der Waals surface area contributed by atoms with Crippen LogP contribution < -0.4 is 4.90 Å². The average molecular weight is 304 g/mol. The molecule has 0 saturated heterocycles. The van der Waals surface area contributed by atoms with E-state index in [-0.39, 0.29) is 18.2 Å². The van der Waals surface area contributed by atoms with Gasteiger partial charge in [-0.2, -0.15) is 18.3 Å². The number of rotatable bonds is 4. The maximum atomic E-state index is 12.7. The third-order valence-electron chi connectivity index (χ3n) is 2.88. The van der Waals surface area contributed by atoms with E-state index in [0.29, 0.717) is 11.1 Å². The van der Waals surface area contributed by atoms with Crippen molar-refractivity contribution in [1.29, 1.82) is 0 Å². The molecule has 20 heavy (non-hydrogen) atoms. The average Bonchev–Trinajstić information content (AvgIpc) is 2.37. The highest BCUT2D eigenvalue weighted by molar-refractivity contribution is 6.18. The van der Waals surface area contributed by atoms with Crippen LogP contribution in [0.1, 0.15) is 5.69 Å². The Morgan fingerprint density at radius 3 is 2.40 bits per heavy atom. The summed E-state index contributed by atoms with van der Waals surface area (Å²) in [5.41, 5.74) is 0.683. The Hall–Kier alpha value is -1.56. The van der Waals surface area contributed by atoms with Crippen LogP contribution in [0.5, 0.6) is 0 Å². The van der Waals surface area contributed by atoms with Crippen LogP contribution in [0.15, 0.2) is 24.3 Å². The van der Waals surface area contributed by atoms with Crippen LogP contribution in [0.25, 0.3) is 10.8 Å². The van der Waals surface area contributed by atoms with Crippen molar-refractivity contribution in [2.75, 3.05) is 23.9 Å². The van der Waals surface area contributed by atoms with Crippen molar-refractivity contribution >= 4 is 28.2 Å². The van der Waals surface area contributed by atoms with Crippen LogP contribution in [-0.2, 0) is 0 Å². The summed E-state index contributed by atoms with van der Waals surface area (Å²) in [6.07, 6.45) is -4.32. The number of nitrogens with zero attached hydrogens (tertiary/aromatic N) is 3. The van der Waals surface area contributed by atoms with Gasteiger partial charge in [0, 0.05) is 23.2 Å². The summed E-state index contributed by atoms with van der Waals surface area (Å²) in [5, 5.41) is 9.30. The van der Waals surface area contributed by atoms with E-state index in [1.165, 1.54) is 0 Å². The number of alkyl halides is 4. The number of fused-ring (bicyclic) bond motifs is 1. The number of anilines is 1. The Morgan fingerprint density at radius 2 is 1.80 bits per heavy atom. The molecule has 2 rings (SSSR count). The van der Waals surface area contributed by atoms with E-state index in [1.807, 2.05) is 12.1 Å². The topological polar surface area (TPSA) is 29.0 Å². The van der Waals surface area contributed by atoms with Crippen LogP contribution >= 0.6 is 11.6 Å². The largest absolute Gasteiger partial charge is 0.405 e. The molecular weight excluding hydrogens is 291 g/mol. The van der Waals surface area contributed by atoms with Gasteiger partial charge in [-0.1, -0.05) is 24.3 Å². The van der Waals surface area contributed by atoms with E-state index in [0.717, 1.165) is 10.3 Å². The van der Waals surface area contributed by atoms with Crippen molar-refractivity contribution in [1.82, 2.24) is 10.2 Å². The molecule has 0 unspecified atom stereocenters. The molecule has 0 aliphatic heterocycles. The van der Waals surface area contributed by atoms with Gasteiger partial charge in [-0.3, -0.25) is 0 Å². The van der Waals surface area contributed by atoms with Gasteiger partial charge in [0.2, 0.25) is 0 Å². The van der Waals surface area contributed by atoms with Gasteiger partial charge in [-0.05, 0) is 6.92 Å². The molecule has 0 bridgehead atoms. The number of benzene rings is 1. The second kappa shape index (κ2) is 5.83. The van der Waals surface area contributed by atoms with Gasteiger partial charge in [-0.25, -0.2) is 0 Å². The van der Waals surface area contributed by atoms with E-state index in [2.05, 4.69) is 10.2 Å². The second-order valence-corrected chi connectivity index (χ2v) is 4.76. The summed E-state index contributed by atoms with van der Waals surface area (Å²) in [6, 6.07) is 7.13. The zero-order chi connectivity index (χ0) is 14.8. The van der Waals surface area contributed by atoms with E-state index in [9.17, 15) is 13.2 Å². The predicted molar refractivity (Wildman–Crippen MR) is 73.3 cm³/mol. The Kier molecular flexibility index (Phi) is 4.32. The molecule has 3 nitrogen and oxygen atoms in total. The minimum Gasteiger partial charge on any atom is -0.344 e. The van der Waals surface area contributed by atoms with Crippen LogP contribution in [0.2, 0.25) is 0 Å². The van der Waals surface area contributed by atoms with E-state index >= 15 is 0 Å². The summed E-state index contributed by atoms with van der Waals surface area (Å²) < 4.78 is 38.0. The lowest BCUT2D eigenvalue weighted by molar-refractivity contribution is -0.119. The Balaban J connectivity index is 2.51. The molecule has 0 aliphatic carbocycles. The maximum absolute atomic E-state index is 12.7. The highest BCUT2D eigenvalue weighted by Crippen LogP contribution is 2.28. The first-order chi connectivity index (χ1) is 9.42. The molecule has 2 aromatic rings. The minimum absolute atomic E-state index is 0.0583. The van der Waals surface area contributed by atoms with Gasteiger partial charge >= 0.3 is 6.18 Å². The lowest BCUT2D eigenvalue weighted by atomic mass is 10.1. The molecule has 0 N–H and O–H groups in total. The Bertz CT molecular complexity index is 601. The normalized spacial score (nSPS) is 11.8. The van der Waals surface area contributed by atoms with Gasteiger partial charge in [-0.15, -0.1) is 16.7 Å². The SMILES string of the molecule is Cc1nnc(N(CCCl)CC(F)(F)F)c2ccccc12. The van der Waals surface area contributed by atoms with Gasteiger partial charge in [0.25, 0.3) is 0 Å². The van der Waals surface area contributed by atoms with Gasteiger partial charge < -0.3 is 4.90 Å². The van der Waals surface area contributed by atoms with Crippen molar-refractivity contribution in [3.63, 3.8) is 0 Å². The molecule has 0 radical (unpaired) electrons. The molecule has 0 atom stereocenters. The monoisotopic (exact) mass is 303 g/mol. The highest BCUT2D eigenvalue weighted by atomic mass is 35.5. The van der Waals surface area contributed by atoms with E-state index in [4.69, 9.17) is 11.6 Å². The predicted octanol–water partition coefficient (Wildman–Crippen LogP) is 3.55. The van der Waals surface area contributed by atoms with Gasteiger partial charge in [0.1, 0.15) is 6.54 Å². The number of halogens is 4. The first-order valence-corrected chi connectivity index (χ1v) is 6.55. The quantitative estimate of drug-likeness (QED) is 0.809. The van der Waals surface area contributed by atoms with Crippen LogP contribution in [0.3, 0.4) is 0 Å². The molecule has 0 amide bonds. The van der Waals surface area contributed by atoms with Gasteiger partial charge in [0.05, 0.1) is 5.69 Å². The lowest BCUT2D eigenvalue weighted by Gasteiger charge is -2.24. The standard InChI is InChI=1S/C13H13ClF3N3/c1-9-10-4-2-3-5-11(10)12(19-18-9)20(7-6-14)8-13(15,16)17/h2-5H,6-8H2,1H3. The van der Waals surface area contributed by atoms with E-state index in [1.54, 1.807) is 19.1 Å². The van der Waals surface area contributed by atoms with Crippen LogP contribution in [0.4, 0.5) is 19.0 Å². The van der Waals surface area contributed by atoms with Crippen LogP contribution in [0, 0.1) is 6.92 Å². The fraction of sp³-hybridized carbons (Fsp3) is 0.385. The lowest BCUT2D eigenvalue weighted by Crippen LogP contribution is -2.36. The van der Waals surface area contributed by atoms with Crippen molar-refractivity contribution in [2.24, 2.45) is 0 Å². The van der Waals surface area contributed by atoms with E-state index < -0.39 is 12.7 Å². The third kappa shape index (κ3) is 3.30. The summed E-state index contributed by atoms with van der Waals surface area (Å²) >= 11 is 5.60. The summed E-state index contributed by atoms with van der Waals surface area (Å²) in [4.78, 5) is 1.11. The first-order valence-electron chi connectivity index (χ1n) is 6.02. The van der Waals surface area contributed by atoms with Crippen molar-refractivity contribution in [3.05, 3.63) is 30.0 Å². The molecule has 1 aromatic heterocycles. The Labute approximate surface area is 119 Å². The smallest absolute Gasteiger partial charge is 0.344 e. The fourth-order valence-electron chi connectivity index (χ4n) is 2.04. The molecule has 108 valence electrons. The van der Waals surface area contributed by atoms with Crippen molar-refractivity contribution in [2.45, 2.75) is 13.1 Å². The number of hydrogen-bond donors (Lipinski definition) is 0. The zero-order valence-electron chi connectivity index (χ0n) is 10.8. The molecule has 0 aliphatic rings. The first kappa shape index (κ1) is 14.8. The molecule has 7 heteroatoms. The maximum Gasteiger partial charge on any atom is 0.405 e. The third-order valence-corrected chi connectivity index (χ3v) is 3.05. The summed E-state index contributed by atoms with van der Waals surface area (Å²) in [7, 11) is 0. The Morgan fingerprint density at radius 1 is 1.15 bits per heavy atom. The van der Waals surface area contributed by atoms with Crippen molar-refractivity contribution < 1.29 is 13.2 Å². The second-order valence-electron chi connectivity index (χ2n) is 4.38. The molecular formula is C13H13ClF3N3. The molecule has 1 heterocycles.